The van der Waals surface area contributed by atoms with E-state index in [9.17, 15) is 0 Å². The van der Waals surface area contributed by atoms with E-state index in [0.717, 1.165) is 5.69 Å². The van der Waals surface area contributed by atoms with Gasteiger partial charge in [0.2, 0.25) is 5.96 Å². The Hall–Kier alpha value is -1.84. The van der Waals surface area contributed by atoms with E-state index in [1.54, 1.807) is 0 Å². The van der Waals surface area contributed by atoms with Gasteiger partial charge in [-0.05, 0) is 19.1 Å². The van der Waals surface area contributed by atoms with E-state index in [2.05, 4.69) is 9.98 Å². The number of benzene rings is 1. The van der Waals surface area contributed by atoms with Gasteiger partial charge in [-0.3, -0.25) is 0 Å². The zero-order chi connectivity index (χ0) is 13.1. The largest absolute Gasteiger partial charge is 1.00 e. The van der Waals surface area contributed by atoms with E-state index < -0.39 is 0 Å². The van der Waals surface area contributed by atoms with Crippen molar-refractivity contribution in [3.8, 4) is 0 Å². The Morgan fingerprint density at radius 3 is 2.12 bits per heavy atom. The molecule has 4 nitrogen and oxygen atoms in total. The van der Waals surface area contributed by atoms with Crippen LogP contribution in [0.1, 0.15) is 27.8 Å². The van der Waals surface area contributed by atoms with E-state index in [1.807, 2.05) is 52.0 Å². The van der Waals surface area contributed by atoms with Crippen molar-refractivity contribution in [3.63, 3.8) is 0 Å². The maximum absolute atomic E-state index is 5.82. The Morgan fingerprint density at radius 1 is 1.12 bits per heavy atom. The molecule has 0 saturated carbocycles. The van der Waals surface area contributed by atoms with Crippen LogP contribution in [0.5, 0.6) is 0 Å². The van der Waals surface area contributed by atoms with Gasteiger partial charge in [0.1, 0.15) is 5.84 Å². The van der Waals surface area contributed by atoms with Gasteiger partial charge >= 0.3 is 1.43 Å². The lowest BCUT2D eigenvalue weighted by Gasteiger charge is -2.16. The quantitative estimate of drug-likeness (QED) is 0.577. The van der Waals surface area contributed by atoms with Crippen molar-refractivity contribution in [3.05, 3.63) is 29.8 Å². The third kappa shape index (κ3) is 4.26. The fourth-order valence-corrected chi connectivity index (χ4v) is 1.07. The molecule has 0 heterocycles. The highest BCUT2D eigenvalue weighted by molar-refractivity contribution is 5.97. The molecular weight excluding hydrogens is 212 g/mol. The molecule has 0 unspecified atom stereocenters. The summed E-state index contributed by atoms with van der Waals surface area (Å²) in [6, 6.07) is 7.74. The van der Waals surface area contributed by atoms with Gasteiger partial charge in [-0.25, -0.2) is 9.98 Å². The maximum Gasteiger partial charge on any atom is 1.00 e. The fourth-order valence-electron chi connectivity index (χ4n) is 1.07. The van der Waals surface area contributed by atoms with Gasteiger partial charge in [0.15, 0.2) is 0 Å². The summed E-state index contributed by atoms with van der Waals surface area (Å²) in [5.74, 6) is 0.659. The summed E-state index contributed by atoms with van der Waals surface area (Å²) >= 11 is 0. The van der Waals surface area contributed by atoms with Gasteiger partial charge in [-0.2, -0.15) is 0 Å². The van der Waals surface area contributed by atoms with Crippen molar-refractivity contribution in [2.45, 2.75) is 27.7 Å². The minimum atomic E-state index is -0.201. The summed E-state index contributed by atoms with van der Waals surface area (Å²) in [6.45, 7) is 7.95. The first-order valence-electron chi connectivity index (χ1n) is 5.54. The molecule has 0 radical (unpaired) electrons. The number of nitrogens with two attached hydrogens (primary N) is 2. The summed E-state index contributed by atoms with van der Waals surface area (Å²) in [7, 11) is 0. The van der Waals surface area contributed by atoms with Crippen LogP contribution in [0.2, 0.25) is 0 Å². The van der Waals surface area contributed by atoms with E-state index in [-0.39, 0.29) is 12.8 Å². The second kappa shape index (κ2) is 4.99. The molecule has 0 aromatic heterocycles. The Labute approximate surface area is 104 Å². The molecule has 4 N–H and O–H groups in total. The molecule has 0 spiro atoms. The fraction of sp³-hybridized carbons (Fsp3) is 0.385. The highest BCUT2D eigenvalue weighted by Gasteiger charge is 2.15. The summed E-state index contributed by atoms with van der Waals surface area (Å²) in [5, 5.41) is 0. The van der Waals surface area contributed by atoms with Crippen molar-refractivity contribution in [2.24, 2.45) is 26.9 Å². The first-order chi connectivity index (χ1) is 7.79. The van der Waals surface area contributed by atoms with Gasteiger partial charge < -0.3 is 11.5 Å². The average molecular weight is 233 g/mol. The monoisotopic (exact) mass is 233 g/mol. The van der Waals surface area contributed by atoms with Crippen LogP contribution in [0, 0.1) is 12.3 Å². The van der Waals surface area contributed by atoms with Crippen LogP contribution in [-0.2, 0) is 0 Å². The second-order valence-corrected chi connectivity index (χ2v) is 5.05. The van der Waals surface area contributed by atoms with E-state index in [1.165, 1.54) is 5.56 Å². The molecule has 1 aromatic carbocycles. The van der Waals surface area contributed by atoms with Gasteiger partial charge in [0, 0.05) is 5.41 Å². The van der Waals surface area contributed by atoms with Crippen LogP contribution < -0.4 is 11.5 Å². The number of amidine groups is 1. The van der Waals surface area contributed by atoms with Crippen molar-refractivity contribution in [1.82, 2.24) is 0 Å². The van der Waals surface area contributed by atoms with Crippen molar-refractivity contribution in [2.75, 3.05) is 0 Å². The van der Waals surface area contributed by atoms with Crippen LogP contribution in [-0.4, -0.2) is 11.8 Å². The predicted octanol–water partition coefficient (Wildman–Crippen LogP) is 2.46. The lowest BCUT2D eigenvalue weighted by atomic mass is 9.95. The van der Waals surface area contributed by atoms with Crippen molar-refractivity contribution in [1.29, 1.82) is 0 Å². The predicted molar refractivity (Wildman–Crippen MR) is 74.7 cm³/mol. The zero-order valence-corrected chi connectivity index (χ0v) is 10.9. The first-order valence-corrected chi connectivity index (χ1v) is 5.54. The average Bonchev–Trinajstić information content (AvgIpc) is 2.20. The van der Waals surface area contributed by atoms with Crippen LogP contribution in [0.25, 0.3) is 0 Å². The lowest BCUT2D eigenvalue weighted by molar-refractivity contribution is 0.585. The molecule has 92 valence electrons. The number of nitrogens with zero attached hydrogens (tertiary/aromatic N) is 2. The number of aliphatic imine (C=N–C) groups is 2. The molecule has 0 fully saturated rings. The Morgan fingerprint density at radius 2 is 1.65 bits per heavy atom. The number of guanidine groups is 1. The summed E-state index contributed by atoms with van der Waals surface area (Å²) in [6.07, 6.45) is 0. The van der Waals surface area contributed by atoms with E-state index in [0.29, 0.717) is 5.84 Å². The van der Waals surface area contributed by atoms with Crippen molar-refractivity contribution < 1.29 is 1.43 Å². The second-order valence-electron chi connectivity index (χ2n) is 5.05. The Balaban J connectivity index is 0.00000289. The maximum atomic E-state index is 5.82. The summed E-state index contributed by atoms with van der Waals surface area (Å²) in [5.41, 5.74) is 13.3. The van der Waals surface area contributed by atoms with Crippen LogP contribution in [0.4, 0.5) is 5.69 Å². The van der Waals surface area contributed by atoms with Gasteiger partial charge in [0.25, 0.3) is 0 Å². The standard InChI is InChI=1S/C13H20N4/c1-9-5-7-10(8-6-9)16-12(15)17-11(14)13(2,3)4/h5-8H,1-4H3,(H4,14,15,16,17)/p+1. The number of aryl methyl sites for hydroxylation is 1. The molecule has 17 heavy (non-hydrogen) atoms. The SMILES string of the molecule is Cc1ccc(N=C(N)N=C(N)C(C)(C)C)cc1.[H+]. The molecule has 0 atom stereocenters. The number of hydrogen-bond donors (Lipinski definition) is 2. The molecule has 0 aliphatic rings. The number of hydrogen-bond acceptors (Lipinski definition) is 1. The minimum absolute atomic E-state index is 0. The lowest BCUT2D eigenvalue weighted by Crippen LogP contribution is -2.31. The minimum Gasteiger partial charge on any atom is -0.387 e. The van der Waals surface area contributed by atoms with Crippen molar-refractivity contribution >= 4 is 17.5 Å². The summed E-state index contributed by atoms with van der Waals surface area (Å²) in [4.78, 5) is 8.27. The van der Waals surface area contributed by atoms with Crippen LogP contribution >= 0.6 is 0 Å². The molecular formula is C13H21N4+. The third-order valence-corrected chi connectivity index (χ3v) is 2.28. The van der Waals surface area contributed by atoms with Gasteiger partial charge in [-0.1, -0.05) is 38.5 Å². The molecule has 1 rings (SSSR count). The molecule has 0 aliphatic heterocycles. The Bertz CT molecular complexity index is 441. The molecule has 0 saturated heterocycles. The van der Waals surface area contributed by atoms with Gasteiger partial charge in [-0.15, -0.1) is 0 Å². The highest BCUT2D eigenvalue weighted by Crippen LogP contribution is 2.14. The zero-order valence-electron chi connectivity index (χ0n) is 11.9. The molecule has 4 heteroatoms. The van der Waals surface area contributed by atoms with Gasteiger partial charge in [0.05, 0.1) is 5.69 Å². The van der Waals surface area contributed by atoms with Crippen LogP contribution in [0.3, 0.4) is 0 Å². The molecule has 0 aliphatic carbocycles. The highest BCUT2D eigenvalue weighted by atomic mass is 15.1. The first kappa shape index (κ1) is 13.2. The Kier molecular flexibility index (Phi) is 3.89. The van der Waals surface area contributed by atoms with E-state index in [4.69, 9.17) is 11.5 Å². The molecule has 0 bridgehead atoms. The third-order valence-electron chi connectivity index (χ3n) is 2.28. The smallest absolute Gasteiger partial charge is 0.387 e. The van der Waals surface area contributed by atoms with E-state index >= 15 is 0 Å². The van der Waals surface area contributed by atoms with Crippen LogP contribution in [0.15, 0.2) is 34.3 Å². The molecule has 1 aromatic rings. The topological polar surface area (TPSA) is 76.8 Å². The molecule has 0 amide bonds. The normalized spacial score (nSPS) is 13.9. The number of rotatable bonds is 1. The summed E-state index contributed by atoms with van der Waals surface area (Å²) < 4.78 is 0.